The molecule has 1 aromatic rings. The van der Waals surface area contributed by atoms with Crippen LogP contribution in [0.5, 0.6) is 11.5 Å². The zero-order valence-electron chi connectivity index (χ0n) is 9.59. The first kappa shape index (κ1) is 12.4. The topological polar surface area (TPSA) is 61.6 Å². The number of nitrogens with two attached hydrogens (primary N) is 1. The van der Waals surface area contributed by atoms with E-state index in [-0.39, 0.29) is 12.3 Å². The summed E-state index contributed by atoms with van der Waals surface area (Å²) in [6.07, 6.45) is 0.834. The summed E-state index contributed by atoms with van der Waals surface area (Å²) in [5.41, 5.74) is 6.77. The van der Waals surface area contributed by atoms with Crippen molar-refractivity contribution in [1.29, 1.82) is 0 Å². The summed E-state index contributed by atoms with van der Waals surface area (Å²) in [5, 5.41) is 0. The molecule has 1 aromatic carbocycles. The Hall–Kier alpha value is -1.07. The van der Waals surface area contributed by atoms with E-state index in [4.69, 9.17) is 15.2 Å². The van der Waals surface area contributed by atoms with E-state index in [2.05, 4.69) is 15.9 Å². The number of hydrogen-bond acceptors (Lipinski definition) is 4. The lowest BCUT2D eigenvalue weighted by atomic mass is 10.0. The van der Waals surface area contributed by atoms with Crippen LogP contribution in [0.3, 0.4) is 0 Å². The molecular formula is C12H14BrNO3. The van der Waals surface area contributed by atoms with Crippen molar-refractivity contribution in [2.24, 2.45) is 5.73 Å². The fourth-order valence-corrected chi connectivity index (χ4v) is 2.34. The van der Waals surface area contributed by atoms with Gasteiger partial charge in [0.15, 0.2) is 17.3 Å². The molecule has 0 saturated carbocycles. The SMILES string of the molecule is Cc1c(C(=O)CN)cc(Br)c2c1OCCCO2. The predicted molar refractivity (Wildman–Crippen MR) is 67.9 cm³/mol. The highest BCUT2D eigenvalue weighted by Gasteiger charge is 2.21. The van der Waals surface area contributed by atoms with E-state index >= 15 is 0 Å². The minimum Gasteiger partial charge on any atom is -0.489 e. The van der Waals surface area contributed by atoms with Gasteiger partial charge in [0, 0.05) is 17.5 Å². The molecule has 4 nitrogen and oxygen atoms in total. The summed E-state index contributed by atoms with van der Waals surface area (Å²) in [6.45, 7) is 3.06. The average Bonchev–Trinajstić information content (AvgIpc) is 2.58. The maximum Gasteiger partial charge on any atom is 0.176 e. The number of carbonyl (C=O) groups excluding carboxylic acids is 1. The molecule has 0 amide bonds. The maximum absolute atomic E-state index is 11.7. The molecule has 92 valence electrons. The smallest absolute Gasteiger partial charge is 0.176 e. The van der Waals surface area contributed by atoms with Gasteiger partial charge in [-0.05, 0) is 28.9 Å². The Bertz CT molecular complexity index is 460. The second kappa shape index (κ2) is 5.06. The lowest BCUT2D eigenvalue weighted by Gasteiger charge is -2.15. The molecule has 0 radical (unpaired) electrons. The summed E-state index contributed by atoms with van der Waals surface area (Å²) < 4.78 is 12.0. The number of Topliss-reactive ketones (excluding diaryl/α,β-unsaturated/α-hetero) is 1. The highest BCUT2D eigenvalue weighted by Crippen LogP contribution is 2.41. The minimum absolute atomic E-state index is 0.00702. The standard InChI is InChI=1S/C12H14BrNO3/c1-7-8(10(15)6-14)5-9(13)12-11(7)16-3-2-4-17-12/h5H,2-4,6,14H2,1H3. The molecule has 0 bridgehead atoms. The lowest BCUT2D eigenvalue weighted by Crippen LogP contribution is -2.15. The van der Waals surface area contributed by atoms with Gasteiger partial charge in [0.1, 0.15) is 0 Å². The van der Waals surface area contributed by atoms with E-state index in [0.29, 0.717) is 30.3 Å². The van der Waals surface area contributed by atoms with Crippen molar-refractivity contribution in [1.82, 2.24) is 0 Å². The molecule has 0 saturated heterocycles. The van der Waals surface area contributed by atoms with E-state index in [1.54, 1.807) is 6.07 Å². The van der Waals surface area contributed by atoms with Crippen LogP contribution in [0.25, 0.3) is 0 Å². The van der Waals surface area contributed by atoms with Crippen molar-refractivity contribution in [3.05, 3.63) is 21.7 Å². The molecule has 5 heteroatoms. The Balaban J connectivity index is 2.56. The monoisotopic (exact) mass is 299 g/mol. The third kappa shape index (κ3) is 2.30. The summed E-state index contributed by atoms with van der Waals surface area (Å²) in [5.74, 6) is 1.22. The molecule has 1 aliphatic heterocycles. The molecule has 0 atom stereocenters. The van der Waals surface area contributed by atoms with Gasteiger partial charge in [0.05, 0.1) is 24.2 Å². The number of carbonyl (C=O) groups is 1. The average molecular weight is 300 g/mol. The highest BCUT2D eigenvalue weighted by molar-refractivity contribution is 9.10. The number of halogens is 1. The van der Waals surface area contributed by atoms with Crippen molar-refractivity contribution < 1.29 is 14.3 Å². The van der Waals surface area contributed by atoms with Crippen molar-refractivity contribution in [2.75, 3.05) is 19.8 Å². The third-order valence-electron chi connectivity index (χ3n) is 2.71. The number of benzene rings is 1. The van der Waals surface area contributed by atoms with E-state index in [9.17, 15) is 4.79 Å². The second-order valence-corrected chi connectivity index (χ2v) is 4.72. The van der Waals surface area contributed by atoms with E-state index in [1.165, 1.54) is 0 Å². The van der Waals surface area contributed by atoms with Gasteiger partial charge in [-0.15, -0.1) is 0 Å². The number of ketones is 1. The fraction of sp³-hybridized carbons (Fsp3) is 0.417. The van der Waals surface area contributed by atoms with Crippen molar-refractivity contribution in [3.63, 3.8) is 0 Å². The van der Waals surface area contributed by atoms with Crippen LogP contribution >= 0.6 is 15.9 Å². The Labute approximate surface area is 108 Å². The zero-order valence-corrected chi connectivity index (χ0v) is 11.2. The van der Waals surface area contributed by atoms with Gasteiger partial charge in [-0.25, -0.2) is 0 Å². The Morgan fingerprint density at radius 1 is 1.41 bits per heavy atom. The van der Waals surface area contributed by atoms with Gasteiger partial charge in [-0.2, -0.15) is 0 Å². The lowest BCUT2D eigenvalue weighted by molar-refractivity contribution is 0.1000. The summed E-state index contributed by atoms with van der Waals surface area (Å²) in [6, 6.07) is 1.75. The van der Waals surface area contributed by atoms with E-state index in [1.807, 2.05) is 6.92 Å². The molecular weight excluding hydrogens is 286 g/mol. The first-order valence-electron chi connectivity index (χ1n) is 5.47. The van der Waals surface area contributed by atoms with Crippen LogP contribution in [0, 0.1) is 6.92 Å². The molecule has 0 spiro atoms. The summed E-state index contributed by atoms with van der Waals surface area (Å²) >= 11 is 3.40. The first-order valence-corrected chi connectivity index (χ1v) is 6.26. The molecule has 1 aliphatic rings. The first-order chi connectivity index (χ1) is 8.15. The van der Waals surface area contributed by atoms with E-state index in [0.717, 1.165) is 16.5 Å². The Kier molecular flexibility index (Phi) is 3.69. The quantitative estimate of drug-likeness (QED) is 0.849. The molecule has 2 N–H and O–H groups in total. The normalized spacial score (nSPS) is 14.3. The van der Waals surface area contributed by atoms with Crippen LogP contribution in [0.15, 0.2) is 10.5 Å². The molecule has 2 rings (SSSR count). The number of ether oxygens (including phenoxy) is 2. The van der Waals surface area contributed by atoms with Gasteiger partial charge >= 0.3 is 0 Å². The zero-order chi connectivity index (χ0) is 12.4. The van der Waals surface area contributed by atoms with Crippen LogP contribution in [0.1, 0.15) is 22.3 Å². The Morgan fingerprint density at radius 3 is 2.71 bits per heavy atom. The van der Waals surface area contributed by atoms with Crippen LogP contribution < -0.4 is 15.2 Å². The Morgan fingerprint density at radius 2 is 2.06 bits per heavy atom. The number of fused-ring (bicyclic) bond motifs is 1. The van der Waals surface area contributed by atoms with Crippen molar-refractivity contribution >= 4 is 21.7 Å². The second-order valence-electron chi connectivity index (χ2n) is 3.87. The summed E-state index contributed by atoms with van der Waals surface area (Å²) in [4.78, 5) is 11.7. The van der Waals surface area contributed by atoms with Gasteiger partial charge < -0.3 is 15.2 Å². The van der Waals surface area contributed by atoms with Gasteiger partial charge in [0.2, 0.25) is 0 Å². The van der Waals surface area contributed by atoms with Gasteiger partial charge in [-0.3, -0.25) is 4.79 Å². The van der Waals surface area contributed by atoms with Gasteiger partial charge in [0.25, 0.3) is 0 Å². The molecule has 0 fully saturated rings. The van der Waals surface area contributed by atoms with Crippen LogP contribution in [0.2, 0.25) is 0 Å². The molecule has 0 aliphatic carbocycles. The molecule has 17 heavy (non-hydrogen) atoms. The molecule has 0 unspecified atom stereocenters. The number of rotatable bonds is 2. The van der Waals surface area contributed by atoms with E-state index < -0.39 is 0 Å². The van der Waals surface area contributed by atoms with Crippen LogP contribution in [-0.2, 0) is 0 Å². The number of hydrogen-bond donors (Lipinski definition) is 1. The largest absolute Gasteiger partial charge is 0.489 e. The van der Waals surface area contributed by atoms with Crippen LogP contribution in [0.4, 0.5) is 0 Å². The molecule has 0 aromatic heterocycles. The van der Waals surface area contributed by atoms with Crippen molar-refractivity contribution in [2.45, 2.75) is 13.3 Å². The van der Waals surface area contributed by atoms with Gasteiger partial charge in [-0.1, -0.05) is 0 Å². The summed E-state index contributed by atoms with van der Waals surface area (Å²) in [7, 11) is 0. The highest BCUT2D eigenvalue weighted by atomic mass is 79.9. The minimum atomic E-state index is -0.0983. The van der Waals surface area contributed by atoms with Crippen LogP contribution in [-0.4, -0.2) is 25.5 Å². The van der Waals surface area contributed by atoms with Crippen molar-refractivity contribution in [3.8, 4) is 11.5 Å². The maximum atomic E-state index is 11.7. The molecule has 1 heterocycles. The fourth-order valence-electron chi connectivity index (χ4n) is 1.82. The predicted octanol–water partition coefficient (Wildman–Crippen LogP) is 2.06. The third-order valence-corrected chi connectivity index (χ3v) is 3.30.